The predicted molar refractivity (Wildman–Crippen MR) is 95.8 cm³/mol. The van der Waals surface area contributed by atoms with Crippen molar-refractivity contribution in [3.05, 3.63) is 40.6 Å². The zero-order chi connectivity index (χ0) is 18.8. The van der Waals surface area contributed by atoms with Gasteiger partial charge in [-0.25, -0.2) is 0 Å². The molecule has 7 nitrogen and oxygen atoms in total. The van der Waals surface area contributed by atoms with Crippen LogP contribution in [-0.4, -0.2) is 33.5 Å². The quantitative estimate of drug-likeness (QED) is 0.749. The maximum Gasteiger partial charge on any atom is 0.204 e. The molecule has 26 heavy (non-hydrogen) atoms. The van der Waals surface area contributed by atoms with Crippen molar-refractivity contribution in [2.45, 2.75) is 0 Å². The largest absolute Gasteiger partial charge is 0.507 e. The van der Waals surface area contributed by atoms with Gasteiger partial charge in [0.15, 0.2) is 16.9 Å². The summed E-state index contributed by atoms with van der Waals surface area (Å²) in [5, 5.41) is 10.4. The summed E-state index contributed by atoms with van der Waals surface area (Å²) in [6, 6.07) is 7.54. The first-order valence-corrected chi connectivity index (χ1v) is 7.68. The number of fused-ring (bicyclic) bond motifs is 1. The van der Waals surface area contributed by atoms with Gasteiger partial charge in [0.2, 0.25) is 5.75 Å². The van der Waals surface area contributed by atoms with Crippen LogP contribution in [0.1, 0.15) is 0 Å². The minimum Gasteiger partial charge on any atom is -0.507 e. The molecule has 1 N–H and O–H groups in total. The summed E-state index contributed by atoms with van der Waals surface area (Å²) in [5.41, 5.74) is 0.269. The van der Waals surface area contributed by atoms with E-state index in [1.807, 2.05) is 0 Å². The number of methoxy groups -OCH3 is 4. The average Bonchev–Trinajstić information content (AvgIpc) is 2.65. The van der Waals surface area contributed by atoms with Crippen LogP contribution in [0.5, 0.6) is 28.7 Å². The highest BCUT2D eigenvalue weighted by atomic mass is 16.5. The normalized spacial score (nSPS) is 10.6. The van der Waals surface area contributed by atoms with Gasteiger partial charge in [0, 0.05) is 18.2 Å². The first-order chi connectivity index (χ1) is 12.5. The Bertz CT molecular complexity index is 1020. The molecule has 0 fully saturated rings. The third kappa shape index (κ3) is 2.77. The van der Waals surface area contributed by atoms with E-state index in [1.54, 1.807) is 18.2 Å². The highest BCUT2D eigenvalue weighted by molar-refractivity contribution is 5.90. The molecule has 0 spiro atoms. The summed E-state index contributed by atoms with van der Waals surface area (Å²) in [5.74, 6) is 1.51. The molecule has 0 amide bonds. The number of phenolic OH excluding ortho intramolecular Hbond substituents is 1. The second kappa shape index (κ2) is 6.87. The topological polar surface area (TPSA) is 87.4 Å². The molecule has 0 saturated carbocycles. The van der Waals surface area contributed by atoms with E-state index in [1.165, 1.54) is 40.6 Å². The lowest BCUT2D eigenvalue weighted by molar-refractivity contribution is 0.326. The number of rotatable bonds is 5. The van der Waals surface area contributed by atoms with Gasteiger partial charge < -0.3 is 28.5 Å². The van der Waals surface area contributed by atoms with E-state index in [2.05, 4.69) is 0 Å². The van der Waals surface area contributed by atoms with Crippen molar-refractivity contribution in [3.63, 3.8) is 0 Å². The average molecular weight is 358 g/mol. The molecule has 136 valence electrons. The van der Waals surface area contributed by atoms with Gasteiger partial charge in [0.05, 0.1) is 34.0 Å². The van der Waals surface area contributed by atoms with Gasteiger partial charge in [0.25, 0.3) is 0 Å². The van der Waals surface area contributed by atoms with Crippen molar-refractivity contribution in [1.29, 1.82) is 0 Å². The molecule has 0 aliphatic rings. The summed E-state index contributed by atoms with van der Waals surface area (Å²) < 4.78 is 26.8. The minimum atomic E-state index is -0.339. The van der Waals surface area contributed by atoms with Crippen LogP contribution in [0, 0.1) is 0 Å². The van der Waals surface area contributed by atoms with Crippen LogP contribution >= 0.6 is 0 Å². The lowest BCUT2D eigenvalue weighted by Crippen LogP contribution is -2.05. The highest BCUT2D eigenvalue weighted by Crippen LogP contribution is 2.43. The van der Waals surface area contributed by atoms with Crippen molar-refractivity contribution in [3.8, 4) is 40.1 Å². The fraction of sp³-hybridized carbons (Fsp3) is 0.211. The molecule has 0 bridgehead atoms. The lowest BCUT2D eigenvalue weighted by Gasteiger charge is -2.14. The molecule has 1 aromatic heterocycles. The number of aromatic hydroxyl groups is 1. The standard InChI is InChI=1S/C19H18O7/c1-22-10-5-6-11(12(20)7-10)14-8-13(21)17-15(26-14)9-16(23-2)18(24-3)19(17)25-4/h5-9,20H,1-4H3. The van der Waals surface area contributed by atoms with Crippen LogP contribution in [0.15, 0.2) is 39.5 Å². The molecule has 0 unspecified atom stereocenters. The molecule has 0 aliphatic carbocycles. The number of ether oxygens (including phenoxy) is 4. The Morgan fingerprint density at radius 1 is 0.885 bits per heavy atom. The fourth-order valence-electron chi connectivity index (χ4n) is 2.77. The van der Waals surface area contributed by atoms with Crippen LogP contribution in [0.3, 0.4) is 0 Å². The smallest absolute Gasteiger partial charge is 0.204 e. The van der Waals surface area contributed by atoms with Crippen LogP contribution in [0.2, 0.25) is 0 Å². The minimum absolute atomic E-state index is 0.0701. The van der Waals surface area contributed by atoms with E-state index in [9.17, 15) is 9.90 Å². The number of phenols is 1. The second-order valence-corrected chi connectivity index (χ2v) is 5.38. The van der Waals surface area contributed by atoms with Crippen molar-refractivity contribution in [2.75, 3.05) is 28.4 Å². The summed E-state index contributed by atoms with van der Waals surface area (Å²) in [6.45, 7) is 0. The van der Waals surface area contributed by atoms with Gasteiger partial charge in [0.1, 0.15) is 28.2 Å². The Balaban J connectivity index is 2.30. The Morgan fingerprint density at radius 3 is 2.19 bits per heavy atom. The van der Waals surface area contributed by atoms with Crippen LogP contribution in [0.4, 0.5) is 0 Å². The Morgan fingerprint density at radius 2 is 1.62 bits per heavy atom. The molecular formula is C19H18O7. The molecule has 0 atom stereocenters. The van der Waals surface area contributed by atoms with E-state index < -0.39 is 0 Å². The summed E-state index contributed by atoms with van der Waals surface area (Å²) in [4.78, 5) is 12.7. The molecule has 2 aromatic carbocycles. The Labute approximate surface area is 149 Å². The van der Waals surface area contributed by atoms with Crippen LogP contribution in [0.25, 0.3) is 22.3 Å². The Kier molecular flexibility index (Phi) is 4.62. The van der Waals surface area contributed by atoms with Crippen molar-refractivity contribution in [1.82, 2.24) is 0 Å². The summed E-state index contributed by atoms with van der Waals surface area (Å²) in [7, 11) is 5.86. The van der Waals surface area contributed by atoms with Gasteiger partial charge in [-0.1, -0.05) is 0 Å². The predicted octanol–water partition coefficient (Wildman–Crippen LogP) is 3.20. The molecular weight excluding hydrogens is 340 g/mol. The summed E-state index contributed by atoms with van der Waals surface area (Å²) in [6.07, 6.45) is 0. The zero-order valence-electron chi connectivity index (χ0n) is 14.8. The molecule has 0 radical (unpaired) electrons. The maximum atomic E-state index is 12.7. The van der Waals surface area contributed by atoms with Crippen molar-refractivity contribution >= 4 is 11.0 Å². The first-order valence-electron chi connectivity index (χ1n) is 7.68. The Hall–Kier alpha value is -3.35. The van der Waals surface area contributed by atoms with Gasteiger partial charge in [-0.2, -0.15) is 0 Å². The van der Waals surface area contributed by atoms with Crippen molar-refractivity contribution in [2.24, 2.45) is 0 Å². The second-order valence-electron chi connectivity index (χ2n) is 5.38. The van der Waals surface area contributed by atoms with E-state index >= 15 is 0 Å². The van der Waals surface area contributed by atoms with Crippen LogP contribution in [-0.2, 0) is 0 Å². The van der Waals surface area contributed by atoms with Gasteiger partial charge in [-0.05, 0) is 12.1 Å². The number of hydrogen-bond acceptors (Lipinski definition) is 7. The molecule has 7 heteroatoms. The first kappa shape index (κ1) is 17.5. The van der Waals surface area contributed by atoms with Gasteiger partial charge in [-0.3, -0.25) is 4.79 Å². The van der Waals surface area contributed by atoms with E-state index in [0.717, 1.165) is 0 Å². The molecule has 3 rings (SSSR count). The molecule has 0 saturated heterocycles. The lowest BCUT2D eigenvalue weighted by atomic mass is 10.1. The number of hydrogen-bond donors (Lipinski definition) is 1. The SMILES string of the molecule is COc1ccc(-c2cc(=O)c3c(OC)c(OC)c(OC)cc3o2)c(O)c1. The third-order valence-electron chi connectivity index (χ3n) is 3.99. The maximum absolute atomic E-state index is 12.7. The highest BCUT2D eigenvalue weighted by Gasteiger charge is 2.21. The number of benzene rings is 2. The van der Waals surface area contributed by atoms with E-state index in [0.29, 0.717) is 22.8 Å². The monoisotopic (exact) mass is 358 g/mol. The molecule has 1 heterocycles. The van der Waals surface area contributed by atoms with E-state index in [-0.39, 0.29) is 33.7 Å². The van der Waals surface area contributed by atoms with Gasteiger partial charge >= 0.3 is 0 Å². The molecule has 0 aliphatic heterocycles. The van der Waals surface area contributed by atoms with Crippen LogP contribution < -0.4 is 24.4 Å². The summed E-state index contributed by atoms with van der Waals surface area (Å²) >= 11 is 0. The van der Waals surface area contributed by atoms with Crippen molar-refractivity contribution < 1.29 is 28.5 Å². The molecule has 3 aromatic rings. The third-order valence-corrected chi connectivity index (χ3v) is 3.99. The zero-order valence-corrected chi connectivity index (χ0v) is 14.8. The fourth-order valence-corrected chi connectivity index (χ4v) is 2.77. The van der Waals surface area contributed by atoms with Gasteiger partial charge in [-0.15, -0.1) is 0 Å². The van der Waals surface area contributed by atoms with E-state index in [4.69, 9.17) is 23.4 Å².